The van der Waals surface area contributed by atoms with Crippen molar-refractivity contribution < 1.29 is 7.65 Å². The Morgan fingerprint density at radius 3 is 2.10 bits per heavy atom. The standard InChI is InChI=1S/C7H6OS.Ca.2H/c8-7(9)6-4-2-1-3-5-6;;;/h1-5H,(H,8,9);;;/q;+2;2*-1. The number of thiol groups is 1. The van der Waals surface area contributed by atoms with Gasteiger partial charge in [-0.25, -0.2) is 0 Å². The molecule has 0 aliphatic carbocycles. The molecule has 10 heavy (non-hydrogen) atoms. The van der Waals surface area contributed by atoms with Crippen molar-refractivity contribution in [2.45, 2.75) is 0 Å². The first-order valence-electron chi connectivity index (χ1n) is 2.59. The summed E-state index contributed by atoms with van der Waals surface area (Å²) in [5.74, 6) is 0. The second kappa shape index (κ2) is 5.19. The van der Waals surface area contributed by atoms with Gasteiger partial charge < -0.3 is 2.85 Å². The van der Waals surface area contributed by atoms with Crippen molar-refractivity contribution in [1.82, 2.24) is 0 Å². The predicted molar refractivity (Wildman–Crippen MR) is 47.7 cm³/mol. The summed E-state index contributed by atoms with van der Waals surface area (Å²) in [6.07, 6.45) is 0. The van der Waals surface area contributed by atoms with Crippen molar-refractivity contribution in [2.24, 2.45) is 0 Å². The maximum Gasteiger partial charge on any atom is 2.00 e. The van der Waals surface area contributed by atoms with Crippen LogP contribution < -0.4 is 0 Å². The SMILES string of the molecule is O=C(S)c1ccccc1.[Ca+2].[H-].[H-]. The fraction of sp³-hybridized carbons (Fsp3) is 0. The van der Waals surface area contributed by atoms with Crippen LogP contribution in [0, 0.1) is 0 Å². The average Bonchev–Trinajstić information content (AvgIpc) is 1.90. The molecule has 0 fully saturated rings. The second-order valence-electron chi connectivity index (χ2n) is 1.67. The van der Waals surface area contributed by atoms with E-state index in [9.17, 15) is 4.79 Å². The largest absolute Gasteiger partial charge is 2.00 e. The molecule has 1 nitrogen and oxygen atoms in total. The van der Waals surface area contributed by atoms with E-state index >= 15 is 0 Å². The Morgan fingerprint density at radius 2 is 1.80 bits per heavy atom. The number of hydrogen-bond acceptors (Lipinski definition) is 1. The molecular formula is C7H8CaOS. The van der Waals surface area contributed by atoms with E-state index in [4.69, 9.17) is 0 Å². The molecular weight excluding hydrogens is 172 g/mol. The minimum atomic E-state index is -0.185. The van der Waals surface area contributed by atoms with E-state index in [0.29, 0.717) is 5.56 Å². The van der Waals surface area contributed by atoms with Crippen LogP contribution in [-0.4, -0.2) is 42.9 Å². The molecule has 0 atom stereocenters. The van der Waals surface area contributed by atoms with Crippen molar-refractivity contribution >= 4 is 55.5 Å². The normalized spacial score (nSPS) is 8.10. The molecule has 0 bridgehead atoms. The van der Waals surface area contributed by atoms with Gasteiger partial charge in [-0.1, -0.05) is 30.3 Å². The summed E-state index contributed by atoms with van der Waals surface area (Å²) >= 11 is 3.65. The molecule has 0 radical (unpaired) electrons. The van der Waals surface area contributed by atoms with Gasteiger partial charge in [0.1, 0.15) is 0 Å². The summed E-state index contributed by atoms with van der Waals surface area (Å²) in [5, 5.41) is -0.185. The van der Waals surface area contributed by atoms with Crippen LogP contribution in [0.5, 0.6) is 0 Å². The Balaban J connectivity index is -0.000000270. The van der Waals surface area contributed by atoms with E-state index in [1.165, 1.54) is 0 Å². The Hall–Kier alpha value is 0.500. The number of benzene rings is 1. The fourth-order valence-electron chi connectivity index (χ4n) is 0.581. The zero-order chi connectivity index (χ0) is 6.69. The molecule has 0 saturated heterocycles. The summed E-state index contributed by atoms with van der Waals surface area (Å²) in [6, 6.07) is 8.94. The molecule has 0 aromatic heterocycles. The van der Waals surface area contributed by atoms with Crippen LogP contribution in [0.2, 0.25) is 0 Å². The van der Waals surface area contributed by atoms with E-state index in [1.54, 1.807) is 12.1 Å². The van der Waals surface area contributed by atoms with Crippen LogP contribution in [0.25, 0.3) is 0 Å². The van der Waals surface area contributed by atoms with E-state index in [2.05, 4.69) is 12.6 Å². The molecule has 50 valence electrons. The van der Waals surface area contributed by atoms with Gasteiger partial charge in [0.15, 0.2) is 0 Å². The molecule has 0 aliphatic heterocycles. The summed E-state index contributed by atoms with van der Waals surface area (Å²) in [6.45, 7) is 0. The van der Waals surface area contributed by atoms with E-state index in [-0.39, 0.29) is 45.7 Å². The predicted octanol–water partition coefficient (Wildman–Crippen LogP) is 1.60. The van der Waals surface area contributed by atoms with Gasteiger partial charge in [0, 0.05) is 5.56 Å². The van der Waals surface area contributed by atoms with Crippen LogP contribution in [-0.2, 0) is 0 Å². The van der Waals surface area contributed by atoms with Crippen molar-refractivity contribution in [1.29, 1.82) is 0 Å². The first kappa shape index (κ1) is 10.5. The average molecular weight is 180 g/mol. The van der Waals surface area contributed by atoms with Crippen LogP contribution >= 0.6 is 12.6 Å². The maximum absolute atomic E-state index is 10.5. The minimum Gasteiger partial charge on any atom is -1.00 e. The molecule has 0 N–H and O–H groups in total. The molecule has 1 rings (SSSR count). The van der Waals surface area contributed by atoms with Crippen LogP contribution in [0.4, 0.5) is 0 Å². The van der Waals surface area contributed by atoms with Gasteiger partial charge >= 0.3 is 37.7 Å². The van der Waals surface area contributed by atoms with Crippen molar-refractivity contribution in [2.75, 3.05) is 0 Å². The molecule has 0 heterocycles. The molecule has 0 saturated carbocycles. The van der Waals surface area contributed by atoms with Gasteiger partial charge in [-0.15, -0.1) is 12.6 Å². The van der Waals surface area contributed by atoms with Gasteiger partial charge in [0.2, 0.25) is 5.12 Å². The zero-order valence-electron chi connectivity index (χ0n) is 7.45. The van der Waals surface area contributed by atoms with E-state index < -0.39 is 0 Å². The molecule has 0 spiro atoms. The summed E-state index contributed by atoms with van der Waals surface area (Å²) in [4.78, 5) is 10.5. The summed E-state index contributed by atoms with van der Waals surface area (Å²) < 4.78 is 0. The van der Waals surface area contributed by atoms with Crippen molar-refractivity contribution in [3.63, 3.8) is 0 Å². The Labute approximate surface area is 98.2 Å². The van der Waals surface area contributed by atoms with Gasteiger partial charge in [-0.3, -0.25) is 4.79 Å². The van der Waals surface area contributed by atoms with Crippen molar-refractivity contribution in [3.8, 4) is 0 Å². The number of carbonyl (C=O) groups excluding carboxylic acids is 1. The Bertz CT molecular complexity index is 218. The molecule has 0 amide bonds. The number of carbonyl (C=O) groups is 1. The summed E-state index contributed by atoms with van der Waals surface area (Å²) in [5.41, 5.74) is 0.640. The Morgan fingerprint density at radius 1 is 1.30 bits per heavy atom. The second-order valence-corrected chi connectivity index (χ2v) is 2.08. The number of rotatable bonds is 1. The molecule has 3 heteroatoms. The Kier molecular flexibility index (Phi) is 5.45. The van der Waals surface area contributed by atoms with Crippen molar-refractivity contribution in [3.05, 3.63) is 35.9 Å². The number of hydrogen-bond donors (Lipinski definition) is 1. The quantitative estimate of drug-likeness (QED) is 0.513. The third kappa shape index (κ3) is 3.06. The molecule has 1 aromatic rings. The maximum atomic E-state index is 10.5. The van der Waals surface area contributed by atoms with E-state index in [1.807, 2.05) is 18.2 Å². The molecule has 0 unspecified atom stereocenters. The monoisotopic (exact) mass is 180 g/mol. The van der Waals surface area contributed by atoms with E-state index in [0.717, 1.165) is 0 Å². The minimum absolute atomic E-state index is 0. The molecule has 1 aromatic carbocycles. The van der Waals surface area contributed by atoms with Crippen LogP contribution in [0.3, 0.4) is 0 Å². The van der Waals surface area contributed by atoms with Crippen LogP contribution in [0.1, 0.15) is 13.2 Å². The summed E-state index contributed by atoms with van der Waals surface area (Å²) in [7, 11) is 0. The third-order valence-corrected chi connectivity index (χ3v) is 1.28. The first-order valence-corrected chi connectivity index (χ1v) is 3.04. The van der Waals surface area contributed by atoms with Gasteiger partial charge in [-0.2, -0.15) is 0 Å². The smallest absolute Gasteiger partial charge is 1.00 e. The first-order chi connectivity index (χ1) is 4.30. The fourth-order valence-corrected chi connectivity index (χ4v) is 0.730. The van der Waals surface area contributed by atoms with Crippen LogP contribution in [0.15, 0.2) is 30.3 Å². The van der Waals surface area contributed by atoms with Gasteiger partial charge in [0.05, 0.1) is 0 Å². The molecule has 0 aliphatic rings. The van der Waals surface area contributed by atoms with Gasteiger partial charge in [0.25, 0.3) is 0 Å². The zero-order valence-corrected chi connectivity index (χ0v) is 8.55. The van der Waals surface area contributed by atoms with Gasteiger partial charge in [-0.05, 0) is 0 Å². The topological polar surface area (TPSA) is 17.1 Å². The third-order valence-electron chi connectivity index (χ3n) is 1.02.